The van der Waals surface area contributed by atoms with Gasteiger partial charge in [0.2, 0.25) is 0 Å². The Hall–Kier alpha value is -4.34. The van der Waals surface area contributed by atoms with Crippen LogP contribution in [-0.4, -0.2) is 31.4 Å². The summed E-state index contributed by atoms with van der Waals surface area (Å²) in [6, 6.07) is 19.5. The molecule has 0 unspecified atom stereocenters. The van der Waals surface area contributed by atoms with Crippen molar-refractivity contribution < 1.29 is 23.7 Å². The molecule has 1 aliphatic rings. The van der Waals surface area contributed by atoms with Crippen molar-refractivity contribution in [2.45, 2.75) is 39.3 Å². The molecule has 1 aromatic heterocycles. The number of fused-ring (bicyclic) bond motifs is 1. The zero-order chi connectivity index (χ0) is 31.2. The molecule has 10 heteroatoms. The minimum Gasteiger partial charge on any atom is -0.497 e. The number of nitrogens with zero attached hydrogens (tertiary/aromatic N) is 2. The van der Waals surface area contributed by atoms with Gasteiger partial charge in [-0.2, -0.15) is 0 Å². The zero-order valence-corrected chi connectivity index (χ0v) is 26.5. The lowest BCUT2D eigenvalue weighted by molar-refractivity contribution is -0.139. The summed E-state index contributed by atoms with van der Waals surface area (Å²) in [6.45, 7) is 4.26. The van der Waals surface area contributed by atoms with Gasteiger partial charge in [0, 0.05) is 16.1 Å². The Balaban J connectivity index is 1.64. The van der Waals surface area contributed by atoms with Crippen molar-refractivity contribution in [3.05, 3.63) is 119 Å². The maximum Gasteiger partial charge on any atom is 0.338 e. The van der Waals surface area contributed by atoms with E-state index in [4.69, 9.17) is 35.5 Å². The summed E-state index contributed by atoms with van der Waals surface area (Å²) in [5.74, 6) is 1.19. The first-order valence-corrected chi connectivity index (χ1v) is 15.5. The standard InChI is InChI=1S/C34H33ClN2O6S/c1-5-10-27-30(33(39)42-6-2)31(25-19-23(40-3)15-16-28(25)41-4)37-32(38)29(44-34(37)36-27)18-21-11-9-13-24(17-21)43-20-22-12-7-8-14-26(22)35/h7-9,11-19,31H,5-6,10,20H2,1-4H3/b29-18+/t31-/m1/s1. The number of esters is 1. The Morgan fingerprint density at radius 2 is 1.84 bits per heavy atom. The van der Waals surface area contributed by atoms with Crippen molar-refractivity contribution in [3.63, 3.8) is 0 Å². The van der Waals surface area contributed by atoms with Gasteiger partial charge in [-0.3, -0.25) is 9.36 Å². The molecular formula is C34H33ClN2O6S. The van der Waals surface area contributed by atoms with E-state index in [1.54, 1.807) is 50.0 Å². The molecule has 0 aliphatic carbocycles. The van der Waals surface area contributed by atoms with Crippen LogP contribution >= 0.6 is 22.9 Å². The van der Waals surface area contributed by atoms with Crippen LogP contribution in [0.4, 0.5) is 0 Å². The van der Waals surface area contributed by atoms with Crippen LogP contribution in [0.15, 0.2) is 87.8 Å². The molecule has 44 heavy (non-hydrogen) atoms. The van der Waals surface area contributed by atoms with Crippen molar-refractivity contribution >= 4 is 35.0 Å². The summed E-state index contributed by atoms with van der Waals surface area (Å²) < 4.78 is 24.7. The molecule has 0 bridgehead atoms. The van der Waals surface area contributed by atoms with Crippen LogP contribution < -0.4 is 29.1 Å². The third kappa shape index (κ3) is 6.44. The molecule has 5 rings (SSSR count). The number of carbonyl (C=O) groups is 1. The van der Waals surface area contributed by atoms with E-state index in [1.807, 2.05) is 55.5 Å². The highest BCUT2D eigenvalue weighted by Gasteiger charge is 2.36. The fourth-order valence-electron chi connectivity index (χ4n) is 5.09. The van der Waals surface area contributed by atoms with Crippen LogP contribution in [0.5, 0.6) is 17.2 Å². The molecule has 0 saturated carbocycles. The quantitative estimate of drug-likeness (QED) is 0.193. The predicted octanol–water partition coefficient (Wildman–Crippen LogP) is 5.83. The summed E-state index contributed by atoms with van der Waals surface area (Å²) in [5.41, 5.74) is 2.86. The van der Waals surface area contributed by atoms with E-state index in [2.05, 4.69) is 0 Å². The van der Waals surface area contributed by atoms with Crippen LogP contribution in [0, 0.1) is 0 Å². The summed E-state index contributed by atoms with van der Waals surface area (Å²) >= 11 is 7.55. The normalized spacial score (nSPS) is 14.6. The van der Waals surface area contributed by atoms with Gasteiger partial charge in [0.15, 0.2) is 4.80 Å². The van der Waals surface area contributed by atoms with Gasteiger partial charge in [-0.15, -0.1) is 0 Å². The number of ether oxygens (including phenoxy) is 4. The summed E-state index contributed by atoms with van der Waals surface area (Å²) in [7, 11) is 3.12. The topological polar surface area (TPSA) is 88.4 Å². The molecule has 3 aromatic carbocycles. The van der Waals surface area contributed by atoms with Crippen LogP contribution in [0.3, 0.4) is 0 Å². The average molecular weight is 633 g/mol. The van der Waals surface area contributed by atoms with Gasteiger partial charge in [0.25, 0.3) is 5.56 Å². The Morgan fingerprint density at radius 1 is 1.02 bits per heavy atom. The van der Waals surface area contributed by atoms with Gasteiger partial charge in [-0.05, 0) is 61.4 Å². The molecule has 1 aliphatic heterocycles. The molecule has 0 fully saturated rings. The van der Waals surface area contributed by atoms with Crippen molar-refractivity contribution in [1.29, 1.82) is 0 Å². The molecule has 0 saturated heterocycles. The van der Waals surface area contributed by atoms with Gasteiger partial charge < -0.3 is 18.9 Å². The van der Waals surface area contributed by atoms with Gasteiger partial charge >= 0.3 is 5.97 Å². The molecule has 2 heterocycles. The number of benzene rings is 3. The number of hydrogen-bond donors (Lipinski definition) is 0. The lowest BCUT2D eigenvalue weighted by Gasteiger charge is -2.27. The third-order valence-electron chi connectivity index (χ3n) is 7.13. The van der Waals surface area contributed by atoms with E-state index in [1.165, 1.54) is 11.3 Å². The molecule has 228 valence electrons. The fourth-order valence-corrected chi connectivity index (χ4v) is 6.30. The smallest absolute Gasteiger partial charge is 0.338 e. The maximum atomic E-state index is 14.2. The Kier molecular flexibility index (Phi) is 9.87. The number of carbonyl (C=O) groups excluding carboxylic acids is 1. The number of rotatable bonds is 11. The Labute approximate surface area is 264 Å². The predicted molar refractivity (Wildman–Crippen MR) is 171 cm³/mol. The summed E-state index contributed by atoms with van der Waals surface area (Å²) in [5, 5.41) is 0.636. The second-order valence-corrected chi connectivity index (χ2v) is 11.4. The number of hydrogen-bond acceptors (Lipinski definition) is 8. The molecule has 1 atom stereocenters. The molecule has 0 radical (unpaired) electrons. The highest BCUT2D eigenvalue weighted by atomic mass is 35.5. The molecule has 4 aromatic rings. The first-order valence-electron chi connectivity index (χ1n) is 14.3. The number of allylic oxidation sites excluding steroid dienone is 1. The highest BCUT2D eigenvalue weighted by molar-refractivity contribution is 7.07. The van der Waals surface area contributed by atoms with Crippen molar-refractivity contribution in [2.24, 2.45) is 4.99 Å². The van der Waals surface area contributed by atoms with E-state index in [-0.39, 0.29) is 12.2 Å². The summed E-state index contributed by atoms with van der Waals surface area (Å²) in [6.07, 6.45) is 3.09. The maximum absolute atomic E-state index is 14.2. The van der Waals surface area contributed by atoms with E-state index < -0.39 is 12.0 Å². The lowest BCUT2D eigenvalue weighted by Crippen LogP contribution is -2.40. The van der Waals surface area contributed by atoms with E-state index in [0.29, 0.717) is 61.5 Å². The van der Waals surface area contributed by atoms with E-state index in [0.717, 1.165) is 17.5 Å². The van der Waals surface area contributed by atoms with Crippen LogP contribution in [0.25, 0.3) is 6.08 Å². The van der Waals surface area contributed by atoms with Gasteiger partial charge in [0.05, 0.1) is 36.6 Å². The molecular weight excluding hydrogens is 600 g/mol. The fraction of sp³-hybridized carbons (Fsp3) is 0.265. The molecule has 0 amide bonds. The molecule has 8 nitrogen and oxygen atoms in total. The van der Waals surface area contributed by atoms with Gasteiger partial charge in [-0.1, -0.05) is 66.6 Å². The number of aromatic nitrogens is 1. The number of methoxy groups -OCH3 is 2. The van der Waals surface area contributed by atoms with E-state index >= 15 is 0 Å². The number of thiazole rings is 1. The minimum atomic E-state index is -0.829. The SMILES string of the molecule is CCCC1=C(C(=O)OCC)[C@@H](c2cc(OC)ccc2OC)n2c(s/c(=C/c3cccc(OCc4ccccc4Cl)c3)c2=O)=N1. The first kappa shape index (κ1) is 31.1. The van der Waals surface area contributed by atoms with Crippen LogP contribution in [0.2, 0.25) is 5.02 Å². The number of halogens is 1. The second kappa shape index (κ2) is 14.0. The van der Waals surface area contributed by atoms with Crippen LogP contribution in [-0.2, 0) is 16.1 Å². The molecule has 0 N–H and O–H groups in total. The van der Waals surface area contributed by atoms with Crippen LogP contribution in [0.1, 0.15) is 49.4 Å². The highest BCUT2D eigenvalue weighted by Crippen LogP contribution is 2.38. The largest absolute Gasteiger partial charge is 0.497 e. The lowest BCUT2D eigenvalue weighted by atomic mass is 9.93. The van der Waals surface area contributed by atoms with Crippen molar-refractivity contribution in [1.82, 2.24) is 4.57 Å². The first-order chi connectivity index (χ1) is 21.4. The Morgan fingerprint density at radius 3 is 2.57 bits per heavy atom. The average Bonchev–Trinajstić information content (AvgIpc) is 3.34. The van der Waals surface area contributed by atoms with Gasteiger partial charge in [-0.25, -0.2) is 9.79 Å². The van der Waals surface area contributed by atoms with E-state index in [9.17, 15) is 9.59 Å². The third-order valence-corrected chi connectivity index (χ3v) is 8.48. The van der Waals surface area contributed by atoms with Crippen molar-refractivity contribution in [2.75, 3.05) is 20.8 Å². The monoisotopic (exact) mass is 632 g/mol. The summed E-state index contributed by atoms with van der Waals surface area (Å²) in [4.78, 5) is 33.0. The van der Waals surface area contributed by atoms with Crippen molar-refractivity contribution in [3.8, 4) is 17.2 Å². The van der Waals surface area contributed by atoms with Gasteiger partial charge in [0.1, 0.15) is 29.9 Å². The minimum absolute atomic E-state index is 0.184. The Bertz CT molecular complexity index is 1890. The molecule has 0 spiro atoms. The second-order valence-electron chi connectivity index (χ2n) is 9.97. The zero-order valence-electron chi connectivity index (χ0n) is 25.0.